The highest BCUT2D eigenvalue weighted by molar-refractivity contribution is 7.86. The highest BCUT2D eigenvalue weighted by Crippen LogP contribution is 2.42. The fraction of sp³-hybridized carbons (Fsp3) is 0.333. The van der Waals surface area contributed by atoms with Gasteiger partial charge in [0.05, 0.1) is 11.8 Å². The van der Waals surface area contributed by atoms with E-state index in [1.54, 1.807) is 7.05 Å². The molecule has 0 bridgehead atoms. The molecule has 1 amide bonds. The van der Waals surface area contributed by atoms with Crippen LogP contribution in [0.2, 0.25) is 0 Å². The molecule has 2 heterocycles. The van der Waals surface area contributed by atoms with Gasteiger partial charge in [0.1, 0.15) is 4.88 Å². The van der Waals surface area contributed by atoms with Crippen LogP contribution in [0.4, 0.5) is 0 Å². The number of hydrogen-bond donors (Lipinski definition) is 2. The van der Waals surface area contributed by atoms with Crippen LogP contribution in [0.5, 0.6) is 5.75 Å². The molecule has 0 spiro atoms. The van der Waals surface area contributed by atoms with Gasteiger partial charge < -0.3 is 14.8 Å². The fourth-order valence-electron chi connectivity index (χ4n) is 2.90. The molecule has 0 aliphatic carbocycles. The predicted octanol–water partition coefficient (Wildman–Crippen LogP) is 2.43. The number of benzene rings is 1. The highest BCUT2D eigenvalue weighted by Gasteiger charge is 2.25. The van der Waals surface area contributed by atoms with Gasteiger partial charge >= 0.3 is 10.1 Å². The zero-order valence-corrected chi connectivity index (χ0v) is 17.1. The molecule has 3 aromatic rings. The molecule has 1 aromatic carbocycles. The summed E-state index contributed by atoms with van der Waals surface area (Å²) in [6, 6.07) is 7.28. The Balaban J connectivity index is 2.22. The van der Waals surface area contributed by atoms with Crippen LogP contribution in [0.25, 0.3) is 21.0 Å². The van der Waals surface area contributed by atoms with Crippen LogP contribution in [-0.4, -0.2) is 45.2 Å². The van der Waals surface area contributed by atoms with Gasteiger partial charge in [-0.05, 0) is 39.1 Å². The molecule has 0 aliphatic heterocycles. The Hall–Kier alpha value is -2.23. The normalized spacial score (nSPS) is 13.0. The molecule has 1 atom stereocenters. The minimum absolute atomic E-state index is 0.0583. The van der Waals surface area contributed by atoms with Crippen molar-refractivity contribution in [3.8, 4) is 5.75 Å². The monoisotopic (exact) mass is 407 g/mol. The van der Waals surface area contributed by atoms with E-state index in [0.717, 1.165) is 22.0 Å². The number of fused-ring (bicyclic) bond motifs is 3. The summed E-state index contributed by atoms with van der Waals surface area (Å²) in [6.45, 7) is 4.33. The lowest BCUT2D eigenvalue weighted by Gasteiger charge is -2.13. The fourth-order valence-corrected chi connectivity index (χ4v) is 4.47. The van der Waals surface area contributed by atoms with E-state index in [1.165, 1.54) is 11.3 Å². The van der Waals surface area contributed by atoms with E-state index < -0.39 is 10.1 Å². The zero-order chi connectivity index (χ0) is 19.8. The number of hydrogen-bond acceptors (Lipinski definition) is 7. The molecule has 2 N–H and O–H groups in total. The third-order valence-electron chi connectivity index (χ3n) is 3.95. The number of thiophene rings is 1. The molecule has 0 aliphatic rings. The smallest absolute Gasteiger partial charge is 0.306 e. The number of rotatable bonds is 6. The number of amides is 1. The van der Waals surface area contributed by atoms with Crippen molar-refractivity contribution < 1.29 is 17.4 Å². The summed E-state index contributed by atoms with van der Waals surface area (Å²) in [4.78, 5) is 17.5. The SMILES string of the molecule is CNCC(C)NC(=O)c1sc2ccc3nc(C)ccc3c2c1OS(C)(=O)=O. The Bertz CT molecular complexity index is 1120. The highest BCUT2D eigenvalue weighted by atomic mass is 32.2. The molecule has 0 saturated heterocycles. The molecule has 2 aromatic heterocycles. The maximum absolute atomic E-state index is 12.8. The predicted molar refractivity (Wildman–Crippen MR) is 108 cm³/mol. The number of nitrogens with zero attached hydrogens (tertiary/aromatic N) is 1. The first-order valence-electron chi connectivity index (χ1n) is 8.37. The second-order valence-electron chi connectivity index (χ2n) is 6.44. The zero-order valence-electron chi connectivity index (χ0n) is 15.5. The lowest BCUT2D eigenvalue weighted by molar-refractivity contribution is 0.0943. The molecule has 7 nitrogen and oxygen atoms in total. The summed E-state index contributed by atoms with van der Waals surface area (Å²) in [6.07, 6.45) is 0.968. The maximum atomic E-state index is 12.8. The Morgan fingerprint density at radius 3 is 2.70 bits per heavy atom. The molecule has 144 valence electrons. The Morgan fingerprint density at radius 1 is 1.30 bits per heavy atom. The number of aromatic nitrogens is 1. The average molecular weight is 408 g/mol. The summed E-state index contributed by atoms with van der Waals surface area (Å²) in [7, 11) is -2.02. The van der Waals surface area contributed by atoms with Crippen LogP contribution in [-0.2, 0) is 10.1 Å². The van der Waals surface area contributed by atoms with Crippen molar-refractivity contribution in [3.05, 3.63) is 34.8 Å². The van der Waals surface area contributed by atoms with E-state index in [4.69, 9.17) is 4.18 Å². The largest absolute Gasteiger partial charge is 0.380 e. The van der Waals surface area contributed by atoms with E-state index in [0.29, 0.717) is 17.4 Å². The van der Waals surface area contributed by atoms with Crippen molar-refractivity contribution in [1.29, 1.82) is 0 Å². The second kappa shape index (κ2) is 7.41. The number of aryl methyl sites for hydroxylation is 1. The summed E-state index contributed by atoms with van der Waals surface area (Å²) in [5, 5.41) is 7.18. The van der Waals surface area contributed by atoms with Gasteiger partial charge in [-0.2, -0.15) is 8.42 Å². The summed E-state index contributed by atoms with van der Waals surface area (Å²) >= 11 is 1.20. The quantitative estimate of drug-likeness (QED) is 0.609. The number of pyridine rings is 1. The van der Waals surface area contributed by atoms with E-state index in [9.17, 15) is 13.2 Å². The van der Waals surface area contributed by atoms with Gasteiger partial charge in [-0.25, -0.2) is 0 Å². The van der Waals surface area contributed by atoms with Crippen LogP contribution in [0.3, 0.4) is 0 Å². The van der Waals surface area contributed by atoms with Crippen molar-refractivity contribution >= 4 is 48.4 Å². The third kappa shape index (κ3) is 4.20. The molecule has 27 heavy (non-hydrogen) atoms. The lowest BCUT2D eigenvalue weighted by Crippen LogP contribution is -2.38. The van der Waals surface area contributed by atoms with Gasteiger partial charge in [0.15, 0.2) is 5.75 Å². The van der Waals surface area contributed by atoms with Gasteiger partial charge in [-0.1, -0.05) is 6.07 Å². The van der Waals surface area contributed by atoms with Gasteiger partial charge in [0.25, 0.3) is 5.91 Å². The Labute approximate surface area is 161 Å². The minimum Gasteiger partial charge on any atom is -0.380 e. The number of nitrogens with one attached hydrogen (secondary N) is 2. The van der Waals surface area contributed by atoms with Crippen LogP contribution < -0.4 is 14.8 Å². The molecule has 3 rings (SSSR count). The van der Waals surface area contributed by atoms with Gasteiger partial charge in [0.2, 0.25) is 0 Å². The van der Waals surface area contributed by atoms with Crippen molar-refractivity contribution in [2.24, 2.45) is 0 Å². The first kappa shape index (κ1) is 19.5. The van der Waals surface area contributed by atoms with Crippen LogP contribution in [0, 0.1) is 6.92 Å². The van der Waals surface area contributed by atoms with Crippen LogP contribution in [0.15, 0.2) is 24.3 Å². The second-order valence-corrected chi connectivity index (χ2v) is 9.07. The number of carbonyl (C=O) groups is 1. The maximum Gasteiger partial charge on any atom is 0.306 e. The number of carbonyl (C=O) groups excluding carboxylic acids is 1. The molecule has 0 saturated carbocycles. The Kier molecular flexibility index (Phi) is 5.36. The van der Waals surface area contributed by atoms with Crippen LogP contribution in [0.1, 0.15) is 22.3 Å². The van der Waals surface area contributed by atoms with E-state index in [2.05, 4.69) is 15.6 Å². The van der Waals surface area contributed by atoms with Crippen molar-refractivity contribution in [2.45, 2.75) is 19.9 Å². The molecular formula is C18H21N3O4S2. The van der Waals surface area contributed by atoms with E-state index in [-0.39, 0.29) is 22.6 Å². The summed E-state index contributed by atoms with van der Waals surface area (Å²) in [5.74, 6) is -0.311. The summed E-state index contributed by atoms with van der Waals surface area (Å²) in [5.41, 5.74) is 1.57. The third-order valence-corrected chi connectivity index (χ3v) is 5.55. The minimum atomic E-state index is -3.82. The standard InChI is InChI=1S/C18H21N3O4S2/c1-10-5-6-12-13(20-10)7-8-14-15(12)16(25-27(4,23)24)17(26-14)18(22)21-11(2)9-19-3/h5-8,11,19H,9H2,1-4H3,(H,21,22). The van der Waals surface area contributed by atoms with Crippen molar-refractivity contribution in [3.63, 3.8) is 0 Å². The molecule has 1 unspecified atom stereocenters. The Morgan fingerprint density at radius 2 is 2.04 bits per heavy atom. The first-order chi connectivity index (χ1) is 12.7. The van der Waals surface area contributed by atoms with E-state index >= 15 is 0 Å². The molecule has 0 fully saturated rings. The summed E-state index contributed by atoms with van der Waals surface area (Å²) < 4.78 is 29.7. The van der Waals surface area contributed by atoms with Gasteiger partial charge in [-0.3, -0.25) is 9.78 Å². The number of likely N-dealkylation sites (N-methyl/N-ethyl adjacent to an activating group) is 1. The van der Waals surface area contributed by atoms with Crippen LogP contribution >= 0.6 is 11.3 Å². The van der Waals surface area contributed by atoms with Crippen molar-refractivity contribution in [2.75, 3.05) is 19.8 Å². The average Bonchev–Trinajstić information content (AvgIpc) is 2.92. The molecule has 0 radical (unpaired) electrons. The topological polar surface area (TPSA) is 97.4 Å². The first-order valence-corrected chi connectivity index (χ1v) is 11.0. The molecular weight excluding hydrogens is 386 g/mol. The van der Waals surface area contributed by atoms with Gasteiger partial charge in [-0.15, -0.1) is 11.3 Å². The van der Waals surface area contributed by atoms with E-state index in [1.807, 2.05) is 38.1 Å². The lowest BCUT2D eigenvalue weighted by atomic mass is 10.1. The van der Waals surface area contributed by atoms with Crippen molar-refractivity contribution in [1.82, 2.24) is 15.6 Å². The van der Waals surface area contributed by atoms with Gasteiger partial charge in [0, 0.05) is 33.8 Å². The molecule has 9 heteroatoms.